The van der Waals surface area contributed by atoms with Crippen LogP contribution in [0.3, 0.4) is 0 Å². The normalized spacial score (nSPS) is 19.7. The smallest absolute Gasteiger partial charge is 0.254 e. The summed E-state index contributed by atoms with van der Waals surface area (Å²) < 4.78 is 0.603. The summed E-state index contributed by atoms with van der Waals surface area (Å²) in [6.45, 7) is 0.755. The lowest BCUT2D eigenvalue weighted by atomic mass is 10.2. The number of halogens is 1. The molecule has 1 aliphatic heterocycles. The number of nitrogens with zero attached hydrogens (tertiary/aromatic N) is 1. The first kappa shape index (κ1) is 11.9. The predicted octanol–water partition coefficient (Wildman–Crippen LogP) is 2.47. The highest BCUT2D eigenvalue weighted by Gasteiger charge is 2.17. The number of nitrogens with one attached hydrogen (secondary N) is 1. The Hall–Kier alpha value is -0.550. The first-order valence-corrected chi connectivity index (χ1v) is 7.12. The highest BCUT2D eigenvalue weighted by molar-refractivity contribution is 9.10. The minimum absolute atomic E-state index is 0.0486. The molecule has 0 radical (unpaired) electrons. The first-order valence-electron chi connectivity index (χ1n) is 5.27. The molecule has 1 atom stereocenters. The topological polar surface area (TPSA) is 42.0 Å². The molecule has 1 N–H and O–H groups in total. The Kier molecular flexibility index (Phi) is 4.23. The van der Waals surface area contributed by atoms with Crippen LogP contribution in [0.5, 0.6) is 0 Å². The van der Waals surface area contributed by atoms with Crippen LogP contribution in [0.15, 0.2) is 22.9 Å². The summed E-state index contributed by atoms with van der Waals surface area (Å²) in [4.78, 5) is 15.9. The highest BCUT2D eigenvalue weighted by Crippen LogP contribution is 2.25. The molecule has 1 aromatic rings. The Labute approximate surface area is 108 Å². The molecule has 0 bridgehead atoms. The summed E-state index contributed by atoms with van der Waals surface area (Å²) in [5.41, 5.74) is 0.602. The standard InChI is InChI=1S/C11H13BrN2OS/c12-10-9(4-1-5-13-10)11(15)14-7-8-3-2-6-16-8/h1,4-5,8H,2-3,6-7H2,(H,14,15). The van der Waals surface area contributed by atoms with E-state index in [1.54, 1.807) is 18.3 Å². The van der Waals surface area contributed by atoms with Crippen molar-refractivity contribution in [2.45, 2.75) is 18.1 Å². The number of rotatable bonds is 3. The van der Waals surface area contributed by atoms with E-state index in [1.165, 1.54) is 18.6 Å². The molecule has 1 unspecified atom stereocenters. The van der Waals surface area contributed by atoms with Gasteiger partial charge >= 0.3 is 0 Å². The summed E-state index contributed by atoms with van der Waals surface area (Å²) >= 11 is 5.21. The monoisotopic (exact) mass is 300 g/mol. The third-order valence-corrected chi connectivity index (χ3v) is 4.55. The lowest BCUT2D eigenvalue weighted by molar-refractivity contribution is 0.0952. The van der Waals surface area contributed by atoms with Crippen molar-refractivity contribution in [1.82, 2.24) is 10.3 Å². The molecule has 3 nitrogen and oxygen atoms in total. The summed E-state index contributed by atoms with van der Waals surface area (Å²) in [5.74, 6) is 1.17. The average Bonchev–Trinajstić information content (AvgIpc) is 2.79. The van der Waals surface area contributed by atoms with E-state index in [0.29, 0.717) is 15.4 Å². The predicted molar refractivity (Wildman–Crippen MR) is 69.8 cm³/mol. The average molecular weight is 301 g/mol. The van der Waals surface area contributed by atoms with Gasteiger partial charge in [0.15, 0.2) is 0 Å². The summed E-state index contributed by atoms with van der Waals surface area (Å²) in [6.07, 6.45) is 4.13. The Balaban J connectivity index is 1.90. The second kappa shape index (κ2) is 5.68. The number of pyridine rings is 1. The third kappa shape index (κ3) is 2.98. The van der Waals surface area contributed by atoms with Crippen LogP contribution < -0.4 is 5.32 Å². The van der Waals surface area contributed by atoms with Gasteiger partial charge in [0.2, 0.25) is 0 Å². The van der Waals surface area contributed by atoms with Gasteiger partial charge < -0.3 is 5.32 Å². The Morgan fingerprint density at radius 1 is 1.69 bits per heavy atom. The number of hydrogen-bond acceptors (Lipinski definition) is 3. The third-order valence-electron chi connectivity index (χ3n) is 2.52. The van der Waals surface area contributed by atoms with Crippen LogP contribution in [-0.2, 0) is 0 Å². The van der Waals surface area contributed by atoms with Crippen LogP contribution in [-0.4, -0.2) is 28.4 Å². The molecule has 1 aromatic heterocycles. The highest BCUT2D eigenvalue weighted by atomic mass is 79.9. The first-order chi connectivity index (χ1) is 7.77. The summed E-state index contributed by atoms with van der Waals surface area (Å²) in [5, 5.41) is 3.53. The van der Waals surface area contributed by atoms with E-state index < -0.39 is 0 Å². The second-order valence-corrected chi connectivity index (χ2v) is 5.85. The van der Waals surface area contributed by atoms with Gasteiger partial charge in [-0.05, 0) is 46.7 Å². The zero-order chi connectivity index (χ0) is 11.4. The van der Waals surface area contributed by atoms with Crippen LogP contribution in [0.4, 0.5) is 0 Å². The minimum Gasteiger partial charge on any atom is -0.351 e. The molecule has 1 amide bonds. The van der Waals surface area contributed by atoms with Crippen LogP contribution in [0, 0.1) is 0 Å². The van der Waals surface area contributed by atoms with Crippen molar-refractivity contribution in [3.63, 3.8) is 0 Å². The van der Waals surface area contributed by atoms with Gasteiger partial charge in [0, 0.05) is 18.0 Å². The fourth-order valence-electron chi connectivity index (χ4n) is 1.66. The lowest BCUT2D eigenvalue weighted by Crippen LogP contribution is -2.30. The van der Waals surface area contributed by atoms with E-state index in [2.05, 4.69) is 26.2 Å². The lowest BCUT2D eigenvalue weighted by Gasteiger charge is -2.10. The maximum atomic E-state index is 11.8. The minimum atomic E-state index is -0.0486. The van der Waals surface area contributed by atoms with E-state index in [4.69, 9.17) is 0 Å². The van der Waals surface area contributed by atoms with Gasteiger partial charge in [0.25, 0.3) is 5.91 Å². The van der Waals surface area contributed by atoms with E-state index >= 15 is 0 Å². The van der Waals surface area contributed by atoms with Gasteiger partial charge in [-0.3, -0.25) is 4.79 Å². The summed E-state index contributed by atoms with van der Waals surface area (Å²) in [6, 6.07) is 3.54. The van der Waals surface area contributed by atoms with Crippen LogP contribution in [0.25, 0.3) is 0 Å². The van der Waals surface area contributed by atoms with Crippen LogP contribution >= 0.6 is 27.7 Å². The zero-order valence-electron chi connectivity index (χ0n) is 8.78. The molecule has 0 saturated carbocycles. The molecule has 0 spiro atoms. The van der Waals surface area contributed by atoms with Gasteiger partial charge in [-0.2, -0.15) is 11.8 Å². The van der Waals surface area contributed by atoms with Gasteiger partial charge in [-0.15, -0.1) is 0 Å². The van der Waals surface area contributed by atoms with Crippen molar-refractivity contribution in [2.75, 3.05) is 12.3 Å². The fourth-order valence-corrected chi connectivity index (χ4v) is 3.29. The van der Waals surface area contributed by atoms with Gasteiger partial charge in [0.1, 0.15) is 4.60 Å². The molecule has 1 fully saturated rings. The quantitative estimate of drug-likeness (QED) is 0.872. The molecule has 86 valence electrons. The zero-order valence-corrected chi connectivity index (χ0v) is 11.2. The molecule has 16 heavy (non-hydrogen) atoms. The fraction of sp³-hybridized carbons (Fsp3) is 0.455. The molecule has 1 aliphatic rings. The van der Waals surface area contributed by atoms with Crippen molar-refractivity contribution in [3.8, 4) is 0 Å². The van der Waals surface area contributed by atoms with E-state index in [-0.39, 0.29) is 5.91 Å². The van der Waals surface area contributed by atoms with Crippen molar-refractivity contribution in [2.24, 2.45) is 0 Å². The second-order valence-electron chi connectivity index (χ2n) is 3.69. The number of carbonyl (C=O) groups excluding carboxylic acids is 1. The molecule has 2 rings (SSSR count). The molecule has 0 aromatic carbocycles. The number of hydrogen-bond donors (Lipinski definition) is 1. The van der Waals surface area contributed by atoms with Crippen molar-refractivity contribution in [1.29, 1.82) is 0 Å². The van der Waals surface area contributed by atoms with E-state index in [1.807, 2.05) is 11.8 Å². The maximum absolute atomic E-state index is 11.8. The van der Waals surface area contributed by atoms with Crippen molar-refractivity contribution < 1.29 is 4.79 Å². The molecule has 2 heterocycles. The summed E-state index contributed by atoms with van der Waals surface area (Å²) in [7, 11) is 0. The maximum Gasteiger partial charge on any atom is 0.254 e. The van der Waals surface area contributed by atoms with Gasteiger partial charge in [-0.1, -0.05) is 0 Å². The number of amides is 1. The largest absolute Gasteiger partial charge is 0.351 e. The Morgan fingerprint density at radius 2 is 2.56 bits per heavy atom. The van der Waals surface area contributed by atoms with E-state index in [0.717, 1.165) is 6.54 Å². The molecular formula is C11H13BrN2OS. The van der Waals surface area contributed by atoms with Crippen LogP contribution in [0.2, 0.25) is 0 Å². The Morgan fingerprint density at radius 3 is 3.25 bits per heavy atom. The van der Waals surface area contributed by atoms with Crippen molar-refractivity contribution in [3.05, 3.63) is 28.5 Å². The Bertz CT molecular complexity index is 380. The van der Waals surface area contributed by atoms with Gasteiger partial charge in [-0.25, -0.2) is 4.98 Å². The molecule has 0 aliphatic carbocycles. The van der Waals surface area contributed by atoms with Crippen molar-refractivity contribution >= 4 is 33.6 Å². The SMILES string of the molecule is O=C(NCC1CCCS1)c1cccnc1Br. The molecule has 5 heteroatoms. The van der Waals surface area contributed by atoms with Gasteiger partial charge in [0.05, 0.1) is 5.56 Å². The number of aromatic nitrogens is 1. The van der Waals surface area contributed by atoms with Crippen LogP contribution in [0.1, 0.15) is 23.2 Å². The number of carbonyl (C=O) groups is 1. The number of thioether (sulfide) groups is 1. The molecule has 1 saturated heterocycles. The van der Waals surface area contributed by atoms with E-state index in [9.17, 15) is 4.79 Å². The molecular weight excluding hydrogens is 288 g/mol.